The fourth-order valence-electron chi connectivity index (χ4n) is 3.74. The zero-order valence-electron chi connectivity index (χ0n) is 16.3. The number of hydrogen-bond acceptors (Lipinski definition) is 2. The van der Waals surface area contributed by atoms with Crippen molar-refractivity contribution in [2.24, 2.45) is 5.73 Å². The second kappa shape index (κ2) is 7.70. The first-order valence-electron chi connectivity index (χ1n) is 9.17. The molecule has 0 saturated carbocycles. The van der Waals surface area contributed by atoms with Crippen LogP contribution in [0.25, 0.3) is 0 Å². The highest BCUT2D eigenvalue weighted by molar-refractivity contribution is 5.50. The third-order valence-electron chi connectivity index (χ3n) is 4.94. The summed E-state index contributed by atoms with van der Waals surface area (Å²) in [4.78, 5) is 0. The van der Waals surface area contributed by atoms with Crippen molar-refractivity contribution < 1.29 is 5.11 Å². The number of hydrogen-bond donors (Lipinski definition) is 2. The summed E-state index contributed by atoms with van der Waals surface area (Å²) in [6.07, 6.45) is 5.20. The zero-order valence-corrected chi connectivity index (χ0v) is 16.3. The van der Waals surface area contributed by atoms with Crippen LogP contribution >= 0.6 is 0 Å². The quantitative estimate of drug-likeness (QED) is 0.670. The molecule has 0 aliphatic carbocycles. The van der Waals surface area contributed by atoms with Gasteiger partial charge in [-0.15, -0.1) is 0 Å². The molecule has 1 aromatic carbocycles. The standard InChI is InChI=1S/C21H37NO/c1-8-10-20(4,5)17-13-16(12-15(3)22)14-18(19(17)23)21(6,7)11-9-2/h13-15,23H,8-12,22H2,1-7H3. The summed E-state index contributed by atoms with van der Waals surface area (Å²) in [7, 11) is 0. The van der Waals surface area contributed by atoms with Crippen LogP contribution < -0.4 is 5.73 Å². The van der Waals surface area contributed by atoms with E-state index in [0.29, 0.717) is 5.75 Å². The molecule has 2 heteroatoms. The van der Waals surface area contributed by atoms with Crippen LogP contribution in [0, 0.1) is 0 Å². The van der Waals surface area contributed by atoms with Gasteiger partial charge in [0.2, 0.25) is 0 Å². The number of phenolic OH excluding ortho intramolecular Hbond substituents is 1. The van der Waals surface area contributed by atoms with E-state index in [1.54, 1.807) is 0 Å². The van der Waals surface area contributed by atoms with E-state index in [0.717, 1.165) is 43.2 Å². The molecular weight excluding hydrogens is 282 g/mol. The predicted molar refractivity (Wildman–Crippen MR) is 101 cm³/mol. The van der Waals surface area contributed by atoms with E-state index >= 15 is 0 Å². The lowest BCUT2D eigenvalue weighted by Gasteiger charge is -2.32. The minimum absolute atomic E-state index is 0.0241. The Morgan fingerprint density at radius 1 is 0.957 bits per heavy atom. The Kier molecular flexibility index (Phi) is 6.70. The Labute approximate surface area is 143 Å². The van der Waals surface area contributed by atoms with E-state index in [-0.39, 0.29) is 16.9 Å². The fraction of sp³-hybridized carbons (Fsp3) is 0.714. The fourth-order valence-corrected chi connectivity index (χ4v) is 3.74. The van der Waals surface area contributed by atoms with Gasteiger partial charge in [-0.1, -0.05) is 66.5 Å². The lowest BCUT2D eigenvalue weighted by Crippen LogP contribution is -2.24. The molecule has 0 heterocycles. The lowest BCUT2D eigenvalue weighted by molar-refractivity contribution is 0.388. The summed E-state index contributed by atoms with van der Waals surface area (Å²) in [5, 5.41) is 11.0. The highest BCUT2D eigenvalue weighted by atomic mass is 16.3. The maximum Gasteiger partial charge on any atom is 0.123 e. The van der Waals surface area contributed by atoms with Gasteiger partial charge in [0, 0.05) is 17.2 Å². The van der Waals surface area contributed by atoms with E-state index in [1.165, 1.54) is 5.56 Å². The van der Waals surface area contributed by atoms with Crippen LogP contribution in [-0.2, 0) is 17.3 Å². The van der Waals surface area contributed by atoms with Gasteiger partial charge in [0.05, 0.1) is 0 Å². The molecule has 0 radical (unpaired) electrons. The summed E-state index contributed by atoms with van der Waals surface area (Å²) in [5.74, 6) is 0.496. The Morgan fingerprint density at radius 3 is 1.65 bits per heavy atom. The second-order valence-corrected chi connectivity index (χ2v) is 8.49. The maximum atomic E-state index is 11.0. The number of rotatable bonds is 8. The molecule has 23 heavy (non-hydrogen) atoms. The molecule has 1 aromatic rings. The van der Waals surface area contributed by atoms with Gasteiger partial charge >= 0.3 is 0 Å². The minimum Gasteiger partial charge on any atom is -0.507 e. The smallest absolute Gasteiger partial charge is 0.123 e. The average molecular weight is 320 g/mol. The van der Waals surface area contributed by atoms with Crippen molar-refractivity contribution in [3.63, 3.8) is 0 Å². The molecule has 1 rings (SSSR count). The van der Waals surface area contributed by atoms with Gasteiger partial charge in [-0.3, -0.25) is 0 Å². The highest BCUT2D eigenvalue weighted by Gasteiger charge is 2.30. The van der Waals surface area contributed by atoms with Crippen molar-refractivity contribution >= 4 is 0 Å². The van der Waals surface area contributed by atoms with Crippen molar-refractivity contribution in [3.8, 4) is 5.75 Å². The first-order chi connectivity index (χ1) is 10.5. The van der Waals surface area contributed by atoms with Crippen molar-refractivity contribution in [1.29, 1.82) is 0 Å². The van der Waals surface area contributed by atoms with Crippen LogP contribution in [0.3, 0.4) is 0 Å². The summed E-state index contributed by atoms with van der Waals surface area (Å²) >= 11 is 0. The second-order valence-electron chi connectivity index (χ2n) is 8.49. The molecule has 0 amide bonds. The summed E-state index contributed by atoms with van der Waals surface area (Å²) in [6, 6.07) is 4.49. The third-order valence-corrected chi connectivity index (χ3v) is 4.94. The van der Waals surface area contributed by atoms with E-state index < -0.39 is 0 Å². The number of benzene rings is 1. The topological polar surface area (TPSA) is 46.2 Å². The normalized spacial score (nSPS) is 14.1. The molecule has 1 atom stereocenters. The first kappa shape index (κ1) is 20.0. The molecule has 1 unspecified atom stereocenters. The molecule has 3 N–H and O–H groups in total. The largest absolute Gasteiger partial charge is 0.507 e. The molecule has 0 saturated heterocycles. The predicted octanol–water partition coefficient (Wildman–Crippen LogP) is 5.44. The van der Waals surface area contributed by atoms with Crippen LogP contribution in [0.15, 0.2) is 12.1 Å². The summed E-state index contributed by atoms with van der Waals surface area (Å²) < 4.78 is 0. The maximum absolute atomic E-state index is 11.0. The average Bonchev–Trinajstić information content (AvgIpc) is 2.39. The van der Waals surface area contributed by atoms with E-state index in [9.17, 15) is 5.11 Å². The molecule has 0 fully saturated rings. The number of nitrogens with two attached hydrogens (primary N) is 1. The molecular formula is C21H37NO. The summed E-state index contributed by atoms with van der Waals surface area (Å²) in [6.45, 7) is 15.4. The van der Waals surface area contributed by atoms with Crippen LogP contribution in [0.5, 0.6) is 5.75 Å². The monoisotopic (exact) mass is 319 g/mol. The Hall–Kier alpha value is -1.02. The third kappa shape index (κ3) is 4.97. The zero-order chi connectivity index (χ0) is 17.8. The van der Waals surface area contributed by atoms with Gasteiger partial charge in [-0.2, -0.15) is 0 Å². The first-order valence-corrected chi connectivity index (χ1v) is 9.17. The molecule has 0 spiro atoms. The van der Waals surface area contributed by atoms with Crippen molar-refractivity contribution in [3.05, 3.63) is 28.8 Å². The van der Waals surface area contributed by atoms with E-state index in [2.05, 4.69) is 53.7 Å². The van der Waals surface area contributed by atoms with Gasteiger partial charge < -0.3 is 10.8 Å². The Bertz CT molecular complexity index is 476. The van der Waals surface area contributed by atoms with Crippen molar-refractivity contribution in [2.45, 2.75) is 97.4 Å². The Balaban J connectivity index is 3.51. The van der Waals surface area contributed by atoms with Crippen molar-refractivity contribution in [2.75, 3.05) is 0 Å². The minimum atomic E-state index is -0.0241. The Morgan fingerprint density at radius 2 is 1.35 bits per heavy atom. The summed E-state index contributed by atoms with van der Waals surface area (Å²) in [5.41, 5.74) is 9.39. The SMILES string of the molecule is CCCC(C)(C)c1cc(CC(C)N)cc(C(C)(C)CCC)c1O. The van der Waals surface area contributed by atoms with Gasteiger partial charge in [-0.25, -0.2) is 0 Å². The van der Waals surface area contributed by atoms with E-state index in [1.807, 2.05) is 6.92 Å². The number of aromatic hydroxyl groups is 1. The molecule has 0 aliphatic heterocycles. The van der Waals surface area contributed by atoms with Crippen LogP contribution in [0.1, 0.15) is 90.8 Å². The molecule has 0 aliphatic rings. The highest BCUT2D eigenvalue weighted by Crippen LogP contribution is 2.43. The van der Waals surface area contributed by atoms with E-state index in [4.69, 9.17) is 5.73 Å². The molecule has 132 valence electrons. The van der Waals surface area contributed by atoms with Gasteiger partial charge in [0.1, 0.15) is 5.75 Å². The molecule has 0 aromatic heterocycles. The lowest BCUT2D eigenvalue weighted by atomic mass is 9.73. The van der Waals surface area contributed by atoms with Gasteiger partial charge in [0.25, 0.3) is 0 Å². The van der Waals surface area contributed by atoms with Crippen LogP contribution in [-0.4, -0.2) is 11.1 Å². The van der Waals surface area contributed by atoms with Crippen LogP contribution in [0.4, 0.5) is 0 Å². The van der Waals surface area contributed by atoms with Gasteiger partial charge in [-0.05, 0) is 42.6 Å². The van der Waals surface area contributed by atoms with Crippen molar-refractivity contribution in [1.82, 2.24) is 0 Å². The van der Waals surface area contributed by atoms with Gasteiger partial charge in [0.15, 0.2) is 0 Å². The molecule has 2 nitrogen and oxygen atoms in total. The number of phenols is 1. The van der Waals surface area contributed by atoms with Crippen LogP contribution in [0.2, 0.25) is 0 Å². The molecule has 0 bridgehead atoms.